The summed E-state index contributed by atoms with van der Waals surface area (Å²) in [6.45, 7) is 0. The van der Waals surface area contributed by atoms with Crippen molar-refractivity contribution in [1.82, 2.24) is 10.5 Å². The number of pyridine rings is 1. The first-order chi connectivity index (χ1) is 10.7. The lowest BCUT2D eigenvalue weighted by atomic mass is 10.0. The Morgan fingerprint density at radius 1 is 1.32 bits per heavy atom. The van der Waals surface area contributed by atoms with E-state index in [9.17, 15) is 9.18 Å². The SMILES string of the molecule is O=C(NO)c1cnc(NC(c2ccccc2)C2CC2)c(F)c1. The van der Waals surface area contributed by atoms with Crippen molar-refractivity contribution in [1.29, 1.82) is 0 Å². The Labute approximate surface area is 127 Å². The smallest absolute Gasteiger partial charge is 0.276 e. The van der Waals surface area contributed by atoms with Gasteiger partial charge in [-0.3, -0.25) is 10.0 Å². The Bertz CT molecular complexity index is 674. The maximum absolute atomic E-state index is 14.1. The number of nitrogens with one attached hydrogen (secondary N) is 2. The fraction of sp³-hybridized carbons (Fsp3) is 0.250. The molecular weight excluding hydrogens is 285 g/mol. The molecule has 0 saturated heterocycles. The number of hydrogen-bond acceptors (Lipinski definition) is 4. The lowest BCUT2D eigenvalue weighted by Crippen LogP contribution is -2.20. The molecule has 0 bridgehead atoms. The highest BCUT2D eigenvalue weighted by molar-refractivity contribution is 5.93. The molecule has 1 saturated carbocycles. The third kappa shape index (κ3) is 3.07. The van der Waals surface area contributed by atoms with Crippen LogP contribution in [0.1, 0.15) is 34.8 Å². The highest BCUT2D eigenvalue weighted by Crippen LogP contribution is 2.42. The summed E-state index contributed by atoms with van der Waals surface area (Å²) < 4.78 is 14.1. The van der Waals surface area contributed by atoms with Crippen LogP contribution in [0.3, 0.4) is 0 Å². The van der Waals surface area contributed by atoms with Gasteiger partial charge in [0.15, 0.2) is 11.6 Å². The summed E-state index contributed by atoms with van der Waals surface area (Å²) in [5, 5.41) is 11.7. The summed E-state index contributed by atoms with van der Waals surface area (Å²) in [6, 6.07) is 10.9. The van der Waals surface area contributed by atoms with E-state index in [0.717, 1.165) is 24.5 Å². The van der Waals surface area contributed by atoms with Crippen molar-refractivity contribution < 1.29 is 14.4 Å². The minimum Gasteiger partial charge on any atom is -0.361 e. The summed E-state index contributed by atoms with van der Waals surface area (Å²) in [5.41, 5.74) is 2.51. The molecule has 1 aliphatic carbocycles. The second-order valence-corrected chi connectivity index (χ2v) is 5.37. The molecule has 2 aromatic rings. The molecule has 0 aliphatic heterocycles. The van der Waals surface area contributed by atoms with Gasteiger partial charge in [-0.25, -0.2) is 14.9 Å². The van der Waals surface area contributed by atoms with E-state index in [-0.39, 0.29) is 17.4 Å². The van der Waals surface area contributed by atoms with Gasteiger partial charge in [0.1, 0.15) is 0 Å². The van der Waals surface area contributed by atoms with Gasteiger partial charge in [0.05, 0.1) is 11.6 Å². The van der Waals surface area contributed by atoms with Crippen LogP contribution >= 0.6 is 0 Å². The Morgan fingerprint density at radius 3 is 2.64 bits per heavy atom. The molecule has 1 fully saturated rings. The molecule has 1 aromatic carbocycles. The third-order valence-corrected chi connectivity index (χ3v) is 3.75. The summed E-state index contributed by atoms with van der Waals surface area (Å²) in [6.07, 6.45) is 3.42. The van der Waals surface area contributed by atoms with Crippen LogP contribution in [0.5, 0.6) is 0 Å². The average Bonchev–Trinajstić information content (AvgIpc) is 3.38. The number of hydroxylamine groups is 1. The molecular formula is C16H16FN3O2. The number of amides is 1. The summed E-state index contributed by atoms with van der Waals surface area (Å²) in [7, 11) is 0. The van der Waals surface area contributed by atoms with Gasteiger partial charge >= 0.3 is 0 Å². The fourth-order valence-corrected chi connectivity index (χ4v) is 2.44. The Morgan fingerprint density at radius 2 is 2.05 bits per heavy atom. The van der Waals surface area contributed by atoms with E-state index in [4.69, 9.17) is 5.21 Å². The topological polar surface area (TPSA) is 74.2 Å². The van der Waals surface area contributed by atoms with Gasteiger partial charge in [0.25, 0.3) is 5.91 Å². The summed E-state index contributed by atoms with van der Waals surface area (Å²) in [5.74, 6) is -0.846. The first-order valence-corrected chi connectivity index (χ1v) is 7.10. The van der Waals surface area contributed by atoms with Crippen LogP contribution in [-0.2, 0) is 0 Å². The number of aromatic nitrogens is 1. The van der Waals surface area contributed by atoms with Gasteiger partial charge in [0, 0.05) is 6.20 Å². The quantitative estimate of drug-likeness (QED) is 0.586. The Hall–Kier alpha value is -2.47. The zero-order valence-electron chi connectivity index (χ0n) is 11.8. The zero-order valence-corrected chi connectivity index (χ0v) is 11.8. The van der Waals surface area contributed by atoms with Crippen molar-refractivity contribution >= 4 is 11.7 Å². The van der Waals surface area contributed by atoms with Crippen LogP contribution in [-0.4, -0.2) is 16.1 Å². The Balaban J connectivity index is 1.83. The number of anilines is 1. The molecule has 1 aromatic heterocycles. The normalized spacial score (nSPS) is 15.2. The number of carbonyl (C=O) groups excluding carboxylic acids is 1. The lowest BCUT2D eigenvalue weighted by Gasteiger charge is -2.19. The number of hydrogen-bond donors (Lipinski definition) is 3. The fourth-order valence-electron chi connectivity index (χ4n) is 2.44. The van der Waals surface area contributed by atoms with Gasteiger partial charge in [-0.1, -0.05) is 30.3 Å². The zero-order chi connectivity index (χ0) is 15.5. The molecule has 0 radical (unpaired) electrons. The molecule has 1 unspecified atom stereocenters. The highest BCUT2D eigenvalue weighted by Gasteiger charge is 2.33. The first kappa shape index (κ1) is 14.5. The standard InChI is InChI=1S/C16H16FN3O2/c17-13-8-12(16(21)20-22)9-18-15(13)19-14(11-6-7-11)10-4-2-1-3-5-10/h1-5,8-9,11,14,22H,6-7H2,(H,18,19)(H,20,21). The molecule has 114 valence electrons. The molecule has 22 heavy (non-hydrogen) atoms. The van der Waals surface area contributed by atoms with Crippen molar-refractivity contribution in [2.24, 2.45) is 5.92 Å². The first-order valence-electron chi connectivity index (χ1n) is 7.10. The van der Waals surface area contributed by atoms with Crippen LogP contribution in [0.15, 0.2) is 42.6 Å². The molecule has 6 heteroatoms. The van der Waals surface area contributed by atoms with Crippen molar-refractivity contribution in [3.05, 3.63) is 59.5 Å². The maximum Gasteiger partial charge on any atom is 0.276 e. The van der Waals surface area contributed by atoms with Crippen molar-refractivity contribution in [2.75, 3.05) is 5.32 Å². The molecule has 3 rings (SSSR count). The predicted octanol–water partition coefficient (Wildman–Crippen LogP) is 2.90. The molecule has 1 atom stereocenters. The lowest BCUT2D eigenvalue weighted by molar-refractivity contribution is 0.0705. The van der Waals surface area contributed by atoms with E-state index in [0.29, 0.717) is 5.92 Å². The third-order valence-electron chi connectivity index (χ3n) is 3.75. The van der Waals surface area contributed by atoms with Crippen LogP contribution in [0.4, 0.5) is 10.2 Å². The summed E-state index contributed by atoms with van der Waals surface area (Å²) in [4.78, 5) is 15.2. The molecule has 1 amide bonds. The van der Waals surface area contributed by atoms with Crippen LogP contribution < -0.4 is 10.8 Å². The van der Waals surface area contributed by atoms with Gasteiger partial charge in [-0.05, 0) is 30.4 Å². The van der Waals surface area contributed by atoms with Crippen molar-refractivity contribution in [3.8, 4) is 0 Å². The van der Waals surface area contributed by atoms with Gasteiger partial charge in [0.2, 0.25) is 0 Å². The minimum absolute atomic E-state index is 0.000665. The van der Waals surface area contributed by atoms with Crippen LogP contribution in [0.25, 0.3) is 0 Å². The van der Waals surface area contributed by atoms with Crippen molar-refractivity contribution in [2.45, 2.75) is 18.9 Å². The average molecular weight is 301 g/mol. The largest absolute Gasteiger partial charge is 0.361 e. The second kappa shape index (κ2) is 6.11. The molecule has 3 N–H and O–H groups in total. The molecule has 1 aliphatic rings. The monoisotopic (exact) mass is 301 g/mol. The van der Waals surface area contributed by atoms with Crippen LogP contribution in [0, 0.1) is 11.7 Å². The highest BCUT2D eigenvalue weighted by atomic mass is 19.1. The molecule has 5 nitrogen and oxygen atoms in total. The van der Waals surface area contributed by atoms with E-state index < -0.39 is 11.7 Å². The Kier molecular flexibility index (Phi) is 4.02. The number of benzene rings is 1. The maximum atomic E-state index is 14.1. The predicted molar refractivity (Wildman–Crippen MR) is 79.0 cm³/mol. The number of carbonyl (C=O) groups is 1. The number of halogens is 1. The summed E-state index contributed by atoms with van der Waals surface area (Å²) >= 11 is 0. The van der Waals surface area contributed by atoms with E-state index in [1.165, 1.54) is 11.7 Å². The number of nitrogens with zero attached hydrogens (tertiary/aromatic N) is 1. The molecule has 0 spiro atoms. The second-order valence-electron chi connectivity index (χ2n) is 5.37. The minimum atomic E-state index is -0.792. The van der Waals surface area contributed by atoms with E-state index >= 15 is 0 Å². The molecule has 1 heterocycles. The van der Waals surface area contributed by atoms with Crippen LogP contribution in [0.2, 0.25) is 0 Å². The van der Waals surface area contributed by atoms with Crippen molar-refractivity contribution in [3.63, 3.8) is 0 Å². The van der Waals surface area contributed by atoms with Gasteiger partial charge in [-0.2, -0.15) is 0 Å². The van der Waals surface area contributed by atoms with E-state index in [1.807, 2.05) is 30.3 Å². The number of rotatable bonds is 5. The van der Waals surface area contributed by atoms with E-state index in [2.05, 4.69) is 10.3 Å². The van der Waals surface area contributed by atoms with Gasteiger partial charge < -0.3 is 5.32 Å². The van der Waals surface area contributed by atoms with E-state index in [1.54, 1.807) is 0 Å². The van der Waals surface area contributed by atoms with Gasteiger partial charge in [-0.15, -0.1) is 0 Å².